The van der Waals surface area contributed by atoms with Gasteiger partial charge >= 0.3 is 0 Å². The van der Waals surface area contributed by atoms with Crippen molar-refractivity contribution in [3.8, 4) is 5.75 Å². The highest BCUT2D eigenvalue weighted by atomic mass is 19.1. The predicted molar refractivity (Wildman–Crippen MR) is 98.3 cm³/mol. The smallest absolute Gasteiger partial charge is 0.165 e. The molecule has 1 saturated carbocycles. The molecule has 4 atom stereocenters. The molecule has 0 spiro atoms. The van der Waals surface area contributed by atoms with Gasteiger partial charge in [-0.2, -0.15) is 0 Å². The number of nitrogens with zero attached hydrogens (tertiary/aromatic N) is 1. The summed E-state index contributed by atoms with van der Waals surface area (Å²) >= 11 is 0. The van der Waals surface area contributed by atoms with E-state index in [2.05, 4.69) is 35.2 Å². The zero-order chi connectivity index (χ0) is 18.1. The summed E-state index contributed by atoms with van der Waals surface area (Å²) in [5.41, 5.74) is 2.02. The summed E-state index contributed by atoms with van der Waals surface area (Å²) in [5, 5.41) is 9.37. The van der Waals surface area contributed by atoms with Crippen LogP contribution in [0.1, 0.15) is 30.0 Å². The number of benzene rings is 2. The van der Waals surface area contributed by atoms with Gasteiger partial charge in [0.05, 0.1) is 6.04 Å². The SMILES string of the molecule is O=CC(c1ccc(O)c(F)c1)N1C[C@H]2C[C@@H](Cc3ccccc3)C[C@H]2C1. The van der Waals surface area contributed by atoms with Gasteiger partial charge < -0.3 is 9.90 Å². The van der Waals surface area contributed by atoms with Crippen molar-refractivity contribution in [2.24, 2.45) is 17.8 Å². The average Bonchev–Trinajstić information content (AvgIpc) is 3.18. The van der Waals surface area contributed by atoms with E-state index in [0.717, 1.165) is 31.7 Å². The zero-order valence-corrected chi connectivity index (χ0v) is 14.7. The van der Waals surface area contributed by atoms with Crippen LogP contribution in [0.4, 0.5) is 4.39 Å². The fourth-order valence-corrected chi connectivity index (χ4v) is 4.89. The predicted octanol–water partition coefficient (Wildman–Crippen LogP) is 3.97. The van der Waals surface area contributed by atoms with Crippen molar-refractivity contribution < 1.29 is 14.3 Å². The number of hydrogen-bond acceptors (Lipinski definition) is 3. The van der Waals surface area contributed by atoms with Crippen molar-refractivity contribution in [1.29, 1.82) is 0 Å². The minimum absolute atomic E-state index is 0.375. The zero-order valence-electron chi connectivity index (χ0n) is 14.7. The van der Waals surface area contributed by atoms with E-state index in [0.29, 0.717) is 17.4 Å². The number of aldehydes is 1. The third-order valence-corrected chi connectivity index (χ3v) is 6.08. The van der Waals surface area contributed by atoms with Gasteiger partial charge in [-0.3, -0.25) is 4.90 Å². The molecule has 1 saturated heterocycles. The van der Waals surface area contributed by atoms with E-state index in [4.69, 9.17) is 0 Å². The number of hydrogen-bond donors (Lipinski definition) is 1. The molecule has 0 bridgehead atoms. The van der Waals surface area contributed by atoms with Crippen LogP contribution in [-0.2, 0) is 11.2 Å². The molecule has 1 N–H and O–H groups in total. The lowest BCUT2D eigenvalue weighted by Crippen LogP contribution is -2.29. The second-order valence-corrected chi connectivity index (χ2v) is 7.79. The molecule has 1 aliphatic carbocycles. The van der Waals surface area contributed by atoms with E-state index >= 15 is 0 Å². The molecule has 1 aliphatic heterocycles. The Balaban J connectivity index is 1.40. The van der Waals surface area contributed by atoms with Crippen LogP contribution < -0.4 is 0 Å². The Morgan fingerprint density at radius 1 is 1.12 bits per heavy atom. The van der Waals surface area contributed by atoms with Gasteiger partial charge in [-0.25, -0.2) is 4.39 Å². The standard InChI is InChI=1S/C22H24FNO2/c23-20-11-17(6-7-22(20)26)21(14-25)24-12-18-9-16(10-19(18)13-24)8-15-4-2-1-3-5-15/h1-7,11,14,16,18-19,21,26H,8-10,12-13H2/t16-,18-,19+,21?. The van der Waals surface area contributed by atoms with Gasteiger partial charge in [-0.05, 0) is 60.3 Å². The Morgan fingerprint density at radius 2 is 1.81 bits per heavy atom. The number of aromatic hydroxyl groups is 1. The first-order chi connectivity index (χ1) is 12.6. The molecular formula is C22H24FNO2. The fraction of sp³-hybridized carbons (Fsp3) is 0.409. The van der Waals surface area contributed by atoms with Crippen LogP contribution >= 0.6 is 0 Å². The molecule has 26 heavy (non-hydrogen) atoms. The van der Waals surface area contributed by atoms with Crippen molar-refractivity contribution in [2.45, 2.75) is 25.3 Å². The molecule has 4 rings (SSSR count). The highest BCUT2D eigenvalue weighted by molar-refractivity contribution is 5.62. The lowest BCUT2D eigenvalue weighted by Gasteiger charge is -2.25. The van der Waals surface area contributed by atoms with Crippen LogP contribution in [0.3, 0.4) is 0 Å². The third kappa shape index (κ3) is 3.38. The molecule has 3 nitrogen and oxygen atoms in total. The summed E-state index contributed by atoms with van der Waals surface area (Å²) in [7, 11) is 0. The topological polar surface area (TPSA) is 40.5 Å². The Labute approximate surface area is 153 Å². The van der Waals surface area contributed by atoms with Gasteiger partial charge in [0.2, 0.25) is 0 Å². The maximum atomic E-state index is 13.7. The summed E-state index contributed by atoms with van der Waals surface area (Å²) in [6.45, 7) is 1.78. The fourth-order valence-electron chi connectivity index (χ4n) is 4.89. The average molecular weight is 353 g/mol. The molecule has 2 aliphatic rings. The number of fused-ring (bicyclic) bond motifs is 1. The first kappa shape index (κ1) is 17.2. The number of halogens is 1. The van der Waals surface area contributed by atoms with E-state index in [9.17, 15) is 14.3 Å². The molecule has 2 aromatic rings. The van der Waals surface area contributed by atoms with Crippen molar-refractivity contribution in [3.05, 3.63) is 65.5 Å². The van der Waals surface area contributed by atoms with E-state index in [1.165, 1.54) is 30.5 Å². The minimum atomic E-state index is -0.670. The lowest BCUT2D eigenvalue weighted by molar-refractivity contribution is -0.112. The third-order valence-electron chi connectivity index (χ3n) is 6.08. The second kappa shape index (κ2) is 7.20. The van der Waals surface area contributed by atoms with Crippen LogP contribution in [0.15, 0.2) is 48.5 Å². The molecule has 136 valence electrons. The molecule has 0 amide bonds. The molecule has 0 radical (unpaired) electrons. The van der Waals surface area contributed by atoms with Crippen LogP contribution in [0, 0.1) is 23.6 Å². The van der Waals surface area contributed by atoms with E-state index < -0.39 is 11.9 Å². The summed E-state index contributed by atoms with van der Waals surface area (Å²) in [5.74, 6) is 0.911. The van der Waals surface area contributed by atoms with Gasteiger partial charge in [0.25, 0.3) is 0 Å². The number of phenolic OH excluding ortho intramolecular Hbond substituents is 1. The Morgan fingerprint density at radius 3 is 2.42 bits per heavy atom. The molecule has 1 heterocycles. The highest BCUT2D eigenvalue weighted by Crippen LogP contribution is 2.44. The molecule has 2 fully saturated rings. The highest BCUT2D eigenvalue weighted by Gasteiger charge is 2.42. The summed E-state index contributed by atoms with van der Waals surface area (Å²) in [6, 6.07) is 14.5. The van der Waals surface area contributed by atoms with Gasteiger partial charge in [-0.1, -0.05) is 36.4 Å². The molecule has 1 unspecified atom stereocenters. The van der Waals surface area contributed by atoms with Crippen LogP contribution in [0.5, 0.6) is 5.75 Å². The molecule has 0 aromatic heterocycles. The van der Waals surface area contributed by atoms with Crippen molar-refractivity contribution in [1.82, 2.24) is 4.90 Å². The second-order valence-electron chi connectivity index (χ2n) is 7.79. The molecular weight excluding hydrogens is 329 g/mol. The summed E-state index contributed by atoms with van der Waals surface area (Å²) in [6.07, 6.45) is 4.43. The lowest BCUT2D eigenvalue weighted by atomic mass is 9.96. The van der Waals surface area contributed by atoms with E-state index in [-0.39, 0.29) is 5.75 Å². The van der Waals surface area contributed by atoms with Crippen molar-refractivity contribution in [2.75, 3.05) is 13.1 Å². The van der Waals surface area contributed by atoms with Crippen LogP contribution in [0.2, 0.25) is 0 Å². The van der Waals surface area contributed by atoms with E-state index in [1.807, 2.05) is 0 Å². The van der Waals surface area contributed by atoms with Gasteiger partial charge in [0.1, 0.15) is 6.29 Å². The number of carbonyl (C=O) groups excluding carboxylic acids is 1. The molecule has 2 aromatic carbocycles. The van der Waals surface area contributed by atoms with Crippen LogP contribution in [0.25, 0.3) is 0 Å². The maximum Gasteiger partial charge on any atom is 0.165 e. The first-order valence-corrected chi connectivity index (χ1v) is 9.35. The van der Waals surface area contributed by atoms with E-state index in [1.54, 1.807) is 6.07 Å². The van der Waals surface area contributed by atoms with Crippen LogP contribution in [-0.4, -0.2) is 29.4 Å². The Hall–Kier alpha value is -2.20. The number of phenols is 1. The quantitative estimate of drug-likeness (QED) is 0.827. The van der Waals surface area contributed by atoms with Crippen molar-refractivity contribution >= 4 is 6.29 Å². The summed E-state index contributed by atoms with van der Waals surface area (Å²) in [4.78, 5) is 13.9. The monoisotopic (exact) mass is 353 g/mol. The number of likely N-dealkylation sites (tertiary alicyclic amines) is 1. The Bertz CT molecular complexity index is 765. The Kier molecular flexibility index (Phi) is 4.77. The maximum absolute atomic E-state index is 13.7. The largest absolute Gasteiger partial charge is 0.505 e. The van der Waals surface area contributed by atoms with Gasteiger partial charge in [0, 0.05) is 13.1 Å². The number of rotatable bonds is 5. The minimum Gasteiger partial charge on any atom is -0.505 e. The van der Waals surface area contributed by atoms with Gasteiger partial charge in [-0.15, -0.1) is 0 Å². The number of carbonyl (C=O) groups is 1. The summed E-state index contributed by atoms with van der Waals surface area (Å²) < 4.78 is 13.7. The molecule has 4 heteroatoms. The normalized spacial score (nSPS) is 26.6. The first-order valence-electron chi connectivity index (χ1n) is 9.35. The van der Waals surface area contributed by atoms with Gasteiger partial charge in [0.15, 0.2) is 11.6 Å². The van der Waals surface area contributed by atoms with Crippen molar-refractivity contribution in [3.63, 3.8) is 0 Å².